The molecule has 1 saturated heterocycles. The minimum atomic E-state index is 0.693. The molecule has 0 bridgehead atoms. The summed E-state index contributed by atoms with van der Waals surface area (Å²) in [6, 6.07) is 0.693. The molecule has 1 atom stereocenters. The Morgan fingerprint density at radius 1 is 1.67 bits per heavy atom. The molecule has 0 aromatic carbocycles. The molecule has 1 N–H and O–H groups in total. The predicted molar refractivity (Wildman–Crippen MR) is 39.6 cm³/mol. The number of piperazine rings is 1. The molecule has 0 aromatic heterocycles. The summed E-state index contributed by atoms with van der Waals surface area (Å²) in [7, 11) is 0. The summed E-state index contributed by atoms with van der Waals surface area (Å²) in [4.78, 5) is 2.47. The van der Waals surface area contributed by atoms with Crippen LogP contribution in [0.2, 0.25) is 0 Å². The molecule has 9 heavy (non-hydrogen) atoms. The fourth-order valence-electron chi connectivity index (χ4n) is 1.30. The van der Waals surface area contributed by atoms with Gasteiger partial charge in [0.1, 0.15) is 0 Å². The van der Waals surface area contributed by atoms with E-state index in [2.05, 4.69) is 24.1 Å². The first-order valence-corrected chi connectivity index (χ1v) is 3.78. The van der Waals surface area contributed by atoms with E-state index in [9.17, 15) is 0 Å². The van der Waals surface area contributed by atoms with Gasteiger partial charge in [-0.05, 0) is 13.5 Å². The SMILES string of the molecule is CCN1CCN[C@@H](C)C1. The smallest absolute Gasteiger partial charge is 0.0167 e. The summed E-state index contributed by atoms with van der Waals surface area (Å²) < 4.78 is 0. The first-order valence-electron chi connectivity index (χ1n) is 3.78. The van der Waals surface area contributed by atoms with Crippen LogP contribution in [0.5, 0.6) is 0 Å². The third-order valence-electron chi connectivity index (χ3n) is 1.90. The Morgan fingerprint density at radius 2 is 2.44 bits per heavy atom. The second-order valence-corrected chi connectivity index (χ2v) is 2.75. The van der Waals surface area contributed by atoms with Crippen LogP contribution in [0.25, 0.3) is 0 Å². The predicted octanol–water partition coefficient (Wildman–Crippen LogP) is 0.300. The third kappa shape index (κ3) is 1.95. The number of nitrogens with one attached hydrogen (secondary N) is 1. The van der Waals surface area contributed by atoms with Gasteiger partial charge in [0, 0.05) is 25.7 Å². The van der Waals surface area contributed by atoms with Gasteiger partial charge in [-0.1, -0.05) is 6.92 Å². The molecule has 2 heteroatoms. The van der Waals surface area contributed by atoms with Crippen molar-refractivity contribution in [3.8, 4) is 0 Å². The third-order valence-corrected chi connectivity index (χ3v) is 1.90. The van der Waals surface area contributed by atoms with E-state index in [-0.39, 0.29) is 0 Å². The Bertz CT molecular complexity index is 83.0. The van der Waals surface area contributed by atoms with Gasteiger partial charge in [0.2, 0.25) is 0 Å². The fraction of sp³-hybridized carbons (Fsp3) is 1.00. The fourth-order valence-corrected chi connectivity index (χ4v) is 1.30. The summed E-state index contributed by atoms with van der Waals surface area (Å²) in [5.74, 6) is 0. The molecule has 1 rings (SSSR count). The van der Waals surface area contributed by atoms with Gasteiger partial charge < -0.3 is 10.2 Å². The Balaban J connectivity index is 2.23. The van der Waals surface area contributed by atoms with Gasteiger partial charge in [-0.15, -0.1) is 0 Å². The van der Waals surface area contributed by atoms with Crippen molar-refractivity contribution in [1.82, 2.24) is 10.2 Å². The highest BCUT2D eigenvalue weighted by atomic mass is 15.2. The van der Waals surface area contributed by atoms with Gasteiger partial charge in [0.05, 0.1) is 0 Å². The number of likely N-dealkylation sites (N-methyl/N-ethyl adjacent to an activating group) is 1. The highest BCUT2D eigenvalue weighted by Crippen LogP contribution is 1.95. The molecule has 0 aliphatic carbocycles. The van der Waals surface area contributed by atoms with E-state index in [0.717, 1.165) is 6.54 Å². The van der Waals surface area contributed by atoms with E-state index in [1.165, 1.54) is 19.6 Å². The molecular weight excluding hydrogens is 112 g/mol. The molecule has 1 heterocycles. The number of hydrogen-bond donors (Lipinski definition) is 1. The molecule has 0 radical (unpaired) electrons. The van der Waals surface area contributed by atoms with Crippen molar-refractivity contribution in [1.29, 1.82) is 0 Å². The van der Waals surface area contributed by atoms with Crippen molar-refractivity contribution in [2.75, 3.05) is 26.2 Å². The summed E-state index contributed by atoms with van der Waals surface area (Å²) in [5.41, 5.74) is 0. The zero-order valence-electron chi connectivity index (χ0n) is 6.35. The monoisotopic (exact) mass is 128 g/mol. The quantitative estimate of drug-likeness (QED) is 0.546. The maximum Gasteiger partial charge on any atom is 0.0167 e. The highest BCUT2D eigenvalue weighted by Gasteiger charge is 2.12. The van der Waals surface area contributed by atoms with Crippen molar-refractivity contribution in [2.24, 2.45) is 0 Å². The standard InChI is InChI=1S/C7H16N2/c1-3-9-5-4-8-7(2)6-9/h7-8H,3-6H2,1-2H3/t7-/m0/s1. The Morgan fingerprint density at radius 3 is 2.89 bits per heavy atom. The van der Waals surface area contributed by atoms with Gasteiger partial charge >= 0.3 is 0 Å². The molecule has 1 aliphatic rings. The van der Waals surface area contributed by atoms with Crippen LogP contribution in [0.1, 0.15) is 13.8 Å². The first-order chi connectivity index (χ1) is 4.33. The lowest BCUT2D eigenvalue weighted by Gasteiger charge is -2.30. The lowest BCUT2D eigenvalue weighted by molar-refractivity contribution is 0.217. The maximum atomic E-state index is 3.40. The molecular formula is C7H16N2. The van der Waals surface area contributed by atoms with Gasteiger partial charge in [-0.2, -0.15) is 0 Å². The summed E-state index contributed by atoms with van der Waals surface area (Å²) in [6.07, 6.45) is 0. The van der Waals surface area contributed by atoms with Crippen molar-refractivity contribution in [3.63, 3.8) is 0 Å². The van der Waals surface area contributed by atoms with Crippen LogP contribution in [0.4, 0.5) is 0 Å². The molecule has 0 amide bonds. The van der Waals surface area contributed by atoms with E-state index >= 15 is 0 Å². The first kappa shape index (κ1) is 7.03. The van der Waals surface area contributed by atoms with Crippen LogP contribution in [0, 0.1) is 0 Å². The lowest BCUT2D eigenvalue weighted by Crippen LogP contribution is -2.48. The van der Waals surface area contributed by atoms with Crippen molar-refractivity contribution in [3.05, 3.63) is 0 Å². The molecule has 0 spiro atoms. The van der Waals surface area contributed by atoms with E-state index in [1.807, 2.05) is 0 Å². The number of hydrogen-bond acceptors (Lipinski definition) is 2. The molecule has 2 nitrogen and oxygen atoms in total. The topological polar surface area (TPSA) is 15.3 Å². The number of nitrogens with zero attached hydrogens (tertiary/aromatic N) is 1. The molecule has 54 valence electrons. The van der Waals surface area contributed by atoms with Crippen molar-refractivity contribution >= 4 is 0 Å². The van der Waals surface area contributed by atoms with Crippen molar-refractivity contribution < 1.29 is 0 Å². The molecule has 1 fully saturated rings. The van der Waals surface area contributed by atoms with Crippen LogP contribution in [-0.2, 0) is 0 Å². The number of rotatable bonds is 1. The summed E-state index contributed by atoms with van der Waals surface area (Å²) in [5, 5.41) is 3.40. The molecule has 0 unspecified atom stereocenters. The Kier molecular flexibility index (Phi) is 2.49. The van der Waals surface area contributed by atoms with Crippen LogP contribution >= 0.6 is 0 Å². The second kappa shape index (κ2) is 3.18. The summed E-state index contributed by atoms with van der Waals surface area (Å²) in [6.45, 7) is 9.26. The van der Waals surface area contributed by atoms with E-state index in [1.54, 1.807) is 0 Å². The minimum Gasteiger partial charge on any atom is -0.312 e. The van der Waals surface area contributed by atoms with Crippen LogP contribution in [0.3, 0.4) is 0 Å². The Hall–Kier alpha value is -0.0800. The van der Waals surface area contributed by atoms with Crippen LogP contribution in [-0.4, -0.2) is 37.1 Å². The van der Waals surface area contributed by atoms with E-state index in [0.29, 0.717) is 6.04 Å². The van der Waals surface area contributed by atoms with Gasteiger partial charge in [0.15, 0.2) is 0 Å². The van der Waals surface area contributed by atoms with Gasteiger partial charge in [-0.3, -0.25) is 0 Å². The Labute approximate surface area is 57.2 Å². The lowest BCUT2D eigenvalue weighted by atomic mass is 10.2. The molecule has 0 saturated carbocycles. The average Bonchev–Trinajstić information content (AvgIpc) is 1.88. The van der Waals surface area contributed by atoms with Gasteiger partial charge in [0.25, 0.3) is 0 Å². The largest absolute Gasteiger partial charge is 0.312 e. The van der Waals surface area contributed by atoms with Crippen molar-refractivity contribution in [2.45, 2.75) is 19.9 Å². The molecule has 0 aromatic rings. The van der Waals surface area contributed by atoms with E-state index < -0.39 is 0 Å². The van der Waals surface area contributed by atoms with E-state index in [4.69, 9.17) is 0 Å². The normalized spacial score (nSPS) is 30.7. The minimum absolute atomic E-state index is 0.693. The second-order valence-electron chi connectivity index (χ2n) is 2.75. The maximum absolute atomic E-state index is 3.40. The van der Waals surface area contributed by atoms with Gasteiger partial charge in [-0.25, -0.2) is 0 Å². The highest BCUT2D eigenvalue weighted by molar-refractivity contribution is 4.73. The zero-order chi connectivity index (χ0) is 6.69. The summed E-state index contributed by atoms with van der Waals surface area (Å²) >= 11 is 0. The zero-order valence-corrected chi connectivity index (χ0v) is 6.35. The van der Waals surface area contributed by atoms with Crippen LogP contribution < -0.4 is 5.32 Å². The average molecular weight is 128 g/mol. The van der Waals surface area contributed by atoms with Crippen LogP contribution in [0.15, 0.2) is 0 Å². The molecule has 1 aliphatic heterocycles.